The minimum absolute atomic E-state index is 0.0413. The lowest BCUT2D eigenvalue weighted by Crippen LogP contribution is -2.21. The SMILES string of the molecule is CCOC(=O)c1cn(CC2CC2)c2cc(C#Cc3cc(Cc4cnc(N)nc4N)cc(OC)c3OC)ccc2c1=O. The van der Waals surface area contributed by atoms with Gasteiger partial charge < -0.3 is 30.2 Å². The van der Waals surface area contributed by atoms with E-state index < -0.39 is 5.97 Å². The Morgan fingerprint density at radius 3 is 2.61 bits per heavy atom. The van der Waals surface area contributed by atoms with E-state index in [2.05, 4.69) is 21.8 Å². The Morgan fingerprint density at radius 1 is 1.12 bits per heavy atom. The zero-order valence-electron chi connectivity index (χ0n) is 23.2. The number of nitrogens with two attached hydrogens (primary N) is 2. The van der Waals surface area contributed by atoms with Crippen LogP contribution in [0.1, 0.15) is 52.4 Å². The summed E-state index contributed by atoms with van der Waals surface area (Å²) in [4.78, 5) is 33.7. The number of esters is 1. The zero-order chi connectivity index (χ0) is 29.1. The number of pyridine rings is 1. The molecule has 0 unspecified atom stereocenters. The van der Waals surface area contributed by atoms with Gasteiger partial charge in [0, 0.05) is 41.9 Å². The first kappa shape index (κ1) is 27.5. The Bertz CT molecular complexity index is 1770. The maximum absolute atomic E-state index is 13.2. The van der Waals surface area contributed by atoms with E-state index in [1.807, 2.05) is 22.8 Å². The molecule has 10 nitrogen and oxygen atoms in total. The molecule has 2 heterocycles. The quantitative estimate of drug-likeness (QED) is 0.247. The van der Waals surface area contributed by atoms with Crippen LogP contribution in [0, 0.1) is 17.8 Å². The van der Waals surface area contributed by atoms with Crippen LogP contribution in [-0.4, -0.2) is 41.3 Å². The minimum Gasteiger partial charge on any atom is -0.493 e. The fourth-order valence-electron chi connectivity index (χ4n) is 4.70. The number of benzene rings is 2. The molecule has 0 bridgehead atoms. The highest BCUT2D eigenvalue weighted by atomic mass is 16.5. The molecule has 4 aromatic rings. The average molecular weight is 554 g/mol. The molecule has 1 aliphatic carbocycles. The highest BCUT2D eigenvalue weighted by Crippen LogP contribution is 2.34. The van der Waals surface area contributed by atoms with Gasteiger partial charge in [0.1, 0.15) is 11.4 Å². The molecule has 5 rings (SSSR count). The van der Waals surface area contributed by atoms with Gasteiger partial charge in [-0.3, -0.25) is 4.79 Å². The summed E-state index contributed by atoms with van der Waals surface area (Å²) in [7, 11) is 3.12. The Hall–Kier alpha value is -5.04. The fourth-order valence-corrected chi connectivity index (χ4v) is 4.70. The van der Waals surface area contributed by atoms with Crippen molar-refractivity contribution in [2.24, 2.45) is 5.92 Å². The van der Waals surface area contributed by atoms with Gasteiger partial charge in [0.15, 0.2) is 11.5 Å². The van der Waals surface area contributed by atoms with Crippen LogP contribution in [0.2, 0.25) is 0 Å². The molecule has 0 aliphatic heterocycles. The number of carbonyl (C=O) groups excluding carboxylic acids is 1. The van der Waals surface area contributed by atoms with Crippen LogP contribution in [0.5, 0.6) is 11.5 Å². The zero-order valence-corrected chi connectivity index (χ0v) is 23.2. The molecular weight excluding hydrogens is 522 g/mol. The van der Waals surface area contributed by atoms with E-state index in [9.17, 15) is 9.59 Å². The lowest BCUT2D eigenvalue weighted by molar-refractivity contribution is 0.0524. The van der Waals surface area contributed by atoms with E-state index in [1.165, 1.54) is 0 Å². The van der Waals surface area contributed by atoms with E-state index in [0.29, 0.717) is 52.7 Å². The van der Waals surface area contributed by atoms with Gasteiger partial charge >= 0.3 is 5.97 Å². The van der Waals surface area contributed by atoms with Crippen molar-refractivity contribution < 1.29 is 19.0 Å². The first-order valence-corrected chi connectivity index (χ1v) is 13.3. The topological polar surface area (TPSA) is 145 Å². The number of fused-ring (bicyclic) bond motifs is 1. The molecule has 1 aliphatic rings. The van der Waals surface area contributed by atoms with Crippen LogP contribution in [-0.2, 0) is 17.7 Å². The third-order valence-electron chi connectivity index (χ3n) is 6.92. The van der Waals surface area contributed by atoms with E-state index in [-0.39, 0.29) is 23.5 Å². The molecule has 41 heavy (non-hydrogen) atoms. The second-order valence-electron chi connectivity index (χ2n) is 9.86. The van der Waals surface area contributed by atoms with Crippen molar-refractivity contribution in [1.82, 2.24) is 14.5 Å². The number of methoxy groups -OCH3 is 2. The number of hydrogen-bond acceptors (Lipinski definition) is 9. The third kappa shape index (κ3) is 5.94. The van der Waals surface area contributed by atoms with Crippen molar-refractivity contribution in [2.45, 2.75) is 32.7 Å². The summed E-state index contributed by atoms with van der Waals surface area (Å²) in [6, 6.07) is 9.12. The van der Waals surface area contributed by atoms with E-state index in [1.54, 1.807) is 45.7 Å². The summed E-state index contributed by atoms with van der Waals surface area (Å²) >= 11 is 0. The number of nitrogens with zero attached hydrogens (tertiary/aromatic N) is 3. The first-order valence-electron chi connectivity index (χ1n) is 13.3. The van der Waals surface area contributed by atoms with Gasteiger partial charge in [0.05, 0.1) is 31.9 Å². The van der Waals surface area contributed by atoms with Gasteiger partial charge in [0.25, 0.3) is 0 Å². The van der Waals surface area contributed by atoms with Crippen molar-refractivity contribution in [1.29, 1.82) is 0 Å². The summed E-state index contributed by atoms with van der Waals surface area (Å²) in [5.41, 5.74) is 15.0. The minimum atomic E-state index is -0.610. The maximum Gasteiger partial charge on any atom is 0.343 e. The molecule has 0 radical (unpaired) electrons. The van der Waals surface area contributed by atoms with Crippen molar-refractivity contribution in [3.8, 4) is 23.3 Å². The van der Waals surface area contributed by atoms with Crippen molar-refractivity contribution in [3.05, 3.63) is 80.8 Å². The summed E-state index contributed by atoms with van der Waals surface area (Å²) < 4.78 is 18.3. The van der Waals surface area contributed by atoms with Gasteiger partial charge in [-0.05, 0) is 61.6 Å². The van der Waals surface area contributed by atoms with Crippen molar-refractivity contribution in [2.75, 3.05) is 32.3 Å². The number of anilines is 2. The van der Waals surface area contributed by atoms with Crippen LogP contribution < -0.4 is 26.4 Å². The second kappa shape index (κ2) is 11.6. The standard InChI is InChI=1S/C31H31N5O5/c1-4-41-30(38)24-17-36(16-19-5-6-19)25-13-18(8-10-23(25)27(24)37)7-9-21-11-20(14-26(39-2)28(21)40-3)12-22-15-34-31(33)35-29(22)32/h8,10-11,13-15,17,19H,4-6,12,16H2,1-3H3,(H4,32,33,34,35). The Kier molecular flexibility index (Phi) is 7.79. The van der Waals surface area contributed by atoms with E-state index in [4.69, 9.17) is 25.7 Å². The number of hydrogen-bond donors (Lipinski definition) is 2. The second-order valence-corrected chi connectivity index (χ2v) is 9.86. The van der Waals surface area contributed by atoms with Crippen LogP contribution in [0.4, 0.5) is 11.8 Å². The van der Waals surface area contributed by atoms with Crippen molar-refractivity contribution in [3.63, 3.8) is 0 Å². The first-order chi connectivity index (χ1) is 19.8. The normalized spacial score (nSPS) is 12.5. The number of aromatic nitrogens is 3. The molecule has 1 saturated carbocycles. The molecule has 0 atom stereocenters. The largest absolute Gasteiger partial charge is 0.493 e. The third-order valence-corrected chi connectivity index (χ3v) is 6.92. The Balaban J connectivity index is 1.56. The molecule has 0 spiro atoms. The molecule has 210 valence electrons. The molecule has 0 amide bonds. The van der Waals surface area contributed by atoms with Gasteiger partial charge in [-0.15, -0.1) is 0 Å². The predicted octanol–water partition coefficient (Wildman–Crippen LogP) is 3.55. The highest BCUT2D eigenvalue weighted by Gasteiger charge is 2.24. The molecule has 1 fully saturated rings. The van der Waals surface area contributed by atoms with Crippen LogP contribution >= 0.6 is 0 Å². The summed E-state index contributed by atoms with van der Waals surface area (Å²) in [5, 5.41) is 0.450. The summed E-state index contributed by atoms with van der Waals surface area (Å²) in [6.45, 7) is 2.63. The van der Waals surface area contributed by atoms with Gasteiger partial charge in [-0.25, -0.2) is 9.78 Å². The number of rotatable bonds is 8. The molecular formula is C31H31N5O5. The van der Waals surface area contributed by atoms with Crippen LogP contribution in [0.3, 0.4) is 0 Å². The number of ether oxygens (including phenoxy) is 3. The Morgan fingerprint density at radius 2 is 1.93 bits per heavy atom. The highest BCUT2D eigenvalue weighted by molar-refractivity contribution is 5.94. The molecule has 2 aromatic carbocycles. The van der Waals surface area contributed by atoms with E-state index >= 15 is 0 Å². The van der Waals surface area contributed by atoms with E-state index in [0.717, 1.165) is 29.5 Å². The average Bonchev–Trinajstić information content (AvgIpc) is 3.78. The van der Waals surface area contributed by atoms with Crippen LogP contribution in [0.15, 0.2) is 47.5 Å². The lowest BCUT2D eigenvalue weighted by Gasteiger charge is -2.13. The number of nitrogen functional groups attached to an aromatic ring is 2. The summed E-state index contributed by atoms with van der Waals surface area (Å²) in [5.74, 6) is 7.75. The molecule has 0 saturated heterocycles. The Labute approximate surface area is 237 Å². The van der Waals surface area contributed by atoms with Crippen molar-refractivity contribution >= 4 is 28.6 Å². The van der Waals surface area contributed by atoms with Gasteiger partial charge in [-0.1, -0.05) is 11.8 Å². The monoisotopic (exact) mass is 553 g/mol. The number of carbonyl (C=O) groups is 1. The molecule has 2 aromatic heterocycles. The fraction of sp³-hybridized carbons (Fsp3) is 0.290. The lowest BCUT2D eigenvalue weighted by atomic mass is 10.0. The maximum atomic E-state index is 13.2. The van der Waals surface area contributed by atoms with Gasteiger partial charge in [-0.2, -0.15) is 4.98 Å². The van der Waals surface area contributed by atoms with Crippen LogP contribution in [0.25, 0.3) is 10.9 Å². The predicted molar refractivity (Wildman–Crippen MR) is 156 cm³/mol. The summed E-state index contributed by atoms with van der Waals surface area (Å²) in [6.07, 6.45) is 5.89. The molecule has 4 N–H and O–H groups in total. The smallest absolute Gasteiger partial charge is 0.343 e. The van der Waals surface area contributed by atoms with Gasteiger partial charge in [0.2, 0.25) is 11.4 Å². The molecule has 10 heteroatoms.